The van der Waals surface area contributed by atoms with Crippen LogP contribution < -0.4 is 0 Å². The first-order valence-corrected chi connectivity index (χ1v) is 5.49. The standard InChI is InChI=1S/C14H10O4/c15-10-5-4-7-2-1-3-8-9(6-11(16)17)14(18)13(10)12(7)8/h1-5,15,18H,6H2,(H,16,17). The predicted molar refractivity (Wildman–Crippen MR) is 67.3 cm³/mol. The van der Waals surface area contributed by atoms with E-state index in [0.29, 0.717) is 22.1 Å². The zero-order chi connectivity index (χ0) is 12.9. The van der Waals surface area contributed by atoms with E-state index in [1.54, 1.807) is 18.2 Å². The monoisotopic (exact) mass is 242 g/mol. The Morgan fingerprint density at radius 3 is 2.61 bits per heavy atom. The lowest BCUT2D eigenvalue weighted by atomic mass is 10.0. The number of carboxylic acids is 1. The maximum absolute atomic E-state index is 10.8. The van der Waals surface area contributed by atoms with Crippen LogP contribution in [0.3, 0.4) is 0 Å². The third kappa shape index (κ3) is 1.29. The van der Waals surface area contributed by atoms with Gasteiger partial charge in [0.2, 0.25) is 0 Å². The molecular weight excluding hydrogens is 232 g/mol. The fraction of sp³-hybridized carbons (Fsp3) is 0.0714. The minimum absolute atomic E-state index is 0.0344. The third-order valence-electron chi connectivity index (χ3n) is 3.20. The number of phenols is 1. The molecule has 0 spiro atoms. The van der Waals surface area contributed by atoms with Gasteiger partial charge in [-0.3, -0.25) is 4.79 Å². The predicted octanol–water partition coefficient (Wildman–Crippen LogP) is 2.76. The Hall–Kier alpha value is -2.49. The van der Waals surface area contributed by atoms with Gasteiger partial charge in [0, 0.05) is 11.0 Å². The number of benzene rings is 2. The van der Waals surface area contributed by atoms with Gasteiger partial charge in [-0.15, -0.1) is 0 Å². The highest BCUT2D eigenvalue weighted by Crippen LogP contribution is 2.45. The Morgan fingerprint density at radius 1 is 1.11 bits per heavy atom. The van der Waals surface area contributed by atoms with E-state index in [4.69, 9.17) is 5.11 Å². The average Bonchev–Trinajstić information content (AvgIpc) is 2.60. The SMILES string of the molecule is O=C(O)CC1=C(O)c2c(O)ccc3cccc1c23. The Labute approximate surface area is 102 Å². The number of carbonyl (C=O) groups is 1. The van der Waals surface area contributed by atoms with Crippen LogP contribution in [0.15, 0.2) is 30.3 Å². The summed E-state index contributed by atoms with van der Waals surface area (Å²) in [6.07, 6.45) is -0.265. The fourth-order valence-electron chi connectivity index (χ4n) is 2.47. The molecule has 0 aliphatic heterocycles. The van der Waals surface area contributed by atoms with Crippen molar-refractivity contribution in [3.05, 3.63) is 41.5 Å². The van der Waals surface area contributed by atoms with Crippen LogP contribution in [0.1, 0.15) is 17.5 Å². The van der Waals surface area contributed by atoms with Crippen molar-refractivity contribution in [2.75, 3.05) is 0 Å². The van der Waals surface area contributed by atoms with E-state index in [-0.39, 0.29) is 17.9 Å². The molecule has 0 saturated carbocycles. The van der Waals surface area contributed by atoms with Crippen molar-refractivity contribution >= 4 is 28.1 Å². The number of aromatic hydroxyl groups is 1. The smallest absolute Gasteiger partial charge is 0.307 e. The van der Waals surface area contributed by atoms with Crippen molar-refractivity contribution in [1.82, 2.24) is 0 Å². The zero-order valence-electron chi connectivity index (χ0n) is 9.34. The second-order valence-electron chi connectivity index (χ2n) is 4.26. The van der Waals surface area contributed by atoms with Gasteiger partial charge in [-0.25, -0.2) is 0 Å². The molecule has 0 saturated heterocycles. The number of aliphatic hydroxyl groups is 1. The number of carboxylic acid groups (broad SMARTS) is 1. The van der Waals surface area contributed by atoms with Gasteiger partial charge in [0.25, 0.3) is 0 Å². The highest BCUT2D eigenvalue weighted by molar-refractivity contribution is 6.15. The van der Waals surface area contributed by atoms with Gasteiger partial charge in [0.05, 0.1) is 12.0 Å². The summed E-state index contributed by atoms with van der Waals surface area (Å²) in [6, 6.07) is 8.67. The summed E-state index contributed by atoms with van der Waals surface area (Å²) in [4.78, 5) is 10.8. The van der Waals surface area contributed by atoms with Crippen LogP contribution in [-0.4, -0.2) is 21.3 Å². The maximum atomic E-state index is 10.8. The van der Waals surface area contributed by atoms with Gasteiger partial charge in [-0.2, -0.15) is 0 Å². The number of hydrogen-bond acceptors (Lipinski definition) is 3. The second-order valence-corrected chi connectivity index (χ2v) is 4.26. The average molecular weight is 242 g/mol. The number of phenolic OH excluding ortho intramolecular Hbond substituents is 1. The van der Waals surface area contributed by atoms with Gasteiger partial charge in [0.15, 0.2) is 0 Å². The molecule has 3 N–H and O–H groups in total. The van der Waals surface area contributed by atoms with Crippen LogP contribution in [0.25, 0.3) is 22.1 Å². The van der Waals surface area contributed by atoms with E-state index >= 15 is 0 Å². The van der Waals surface area contributed by atoms with E-state index in [1.807, 2.05) is 6.07 Å². The fourth-order valence-corrected chi connectivity index (χ4v) is 2.47. The van der Waals surface area contributed by atoms with Crippen molar-refractivity contribution in [3.63, 3.8) is 0 Å². The van der Waals surface area contributed by atoms with Crippen molar-refractivity contribution in [3.8, 4) is 5.75 Å². The maximum Gasteiger partial charge on any atom is 0.307 e. The summed E-state index contributed by atoms with van der Waals surface area (Å²) in [5.41, 5.74) is 1.36. The lowest BCUT2D eigenvalue weighted by Crippen LogP contribution is -1.96. The molecule has 0 bridgehead atoms. The molecule has 1 aliphatic rings. The molecule has 2 aromatic carbocycles. The Kier molecular flexibility index (Phi) is 2.07. The zero-order valence-corrected chi connectivity index (χ0v) is 9.34. The van der Waals surface area contributed by atoms with Gasteiger partial charge in [-0.05, 0) is 17.0 Å². The summed E-state index contributed by atoms with van der Waals surface area (Å²) in [7, 11) is 0. The first-order chi connectivity index (χ1) is 8.59. The van der Waals surface area contributed by atoms with Crippen molar-refractivity contribution < 1.29 is 20.1 Å². The first kappa shape index (κ1) is 10.7. The van der Waals surface area contributed by atoms with Crippen LogP contribution in [0.2, 0.25) is 0 Å². The van der Waals surface area contributed by atoms with E-state index in [2.05, 4.69) is 0 Å². The van der Waals surface area contributed by atoms with E-state index in [0.717, 1.165) is 5.39 Å². The molecule has 90 valence electrons. The van der Waals surface area contributed by atoms with Gasteiger partial charge in [0.1, 0.15) is 11.5 Å². The Balaban J connectivity index is 2.38. The second kappa shape index (κ2) is 3.50. The molecule has 4 nitrogen and oxygen atoms in total. The molecule has 0 atom stereocenters. The molecule has 0 radical (unpaired) electrons. The highest BCUT2D eigenvalue weighted by Gasteiger charge is 2.27. The molecular formula is C14H10O4. The van der Waals surface area contributed by atoms with E-state index in [9.17, 15) is 15.0 Å². The minimum atomic E-state index is -1.01. The third-order valence-corrected chi connectivity index (χ3v) is 3.20. The number of aliphatic hydroxyl groups excluding tert-OH is 1. The molecule has 18 heavy (non-hydrogen) atoms. The largest absolute Gasteiger partial charge is 0.507 e. The normalized spacial score (nSPS) is 13.3. The minimum Gasteiger partial charge on any atom is -0.507 e. The van der Waals surface area contributed by atoms with Crippen molar-refractivity contribution in [2.24, 2.45) is 0 Å². The quantitative estimate of drug-likeness (QED) is 0.756. The molecule has 2 aromatic rings. The Bertz CT molecular complexity index is 713. The molecule has 0 heterocycles. The molecule has 0 amide bonds. The van der Waals surface area contributed by atoms with Crippen LogP contribution in [0.5, 0.6) is 5.75 Å². The van der Waals surface area contributed by atoms with Gasteiger partial charge in [-0.1, -0.05) is 24.3 Å². The van der Waals surface area contributed by atoms with Crippen LogP contribution in [-0.2, 0) is 4.79 Å². The van der Waals surface area contributed by atoms with Crippen LogP contribution in [0, 0.1) is 0 Å². The molecule has 4 heteroatoms. The summed E-state index contributed by atoms with van der Waals surface area (Å²) in [6.45, 7) is 0. The number of hydrogen-bond donors (Lipinski definition) is 3. The summed E-state index contributed by atoms with van der Waals surface area (Å²) >= 11 is 0. The molecule has 3 rings (SSSR count). The topological polar surface area (TPSA) is 77.8 Å². The summed E-state index contributed by atoms with van der Waals surface area (Å²) < 4.78 is 0. The van der Waals surface area contributed by atoms with Crippen molar-refractivity contribution in [1.29, 1.82) is 0 Å². The van der Waals surface area contributed by atoms with E-state index in [1.165, 1.54) is 6.07 Å². The molecule has 1 aliphatic carbocycles. The van der Waals surface area contributed by atoms with Crippen LogP contribution >= 0.6 is 0 Å². The number of rotatable bonds is 2. The summed E-state index contributed by atoms with van der Waals surface area (Å²) in [5.74, 6) is -1.18. The van der Waals surface area contributed by atoms with Gasteiger partial charge < -0.3 is 15.3 Å². The molecule has 0 unspecified atom stereocenters. The first-order valence-electron chi connectivity index (χ1n) is 5.49. The highest BCUT2D eigenvalue weighted by atomic mass is 16.4. The van der Waals surface area contributed by atoms with E-state index < -0.39 is 5.97 Å². The summed E-state index contributed by atoms with van der Waals surface area (Å²) in [5, 5.41) is 30.4. The molecule has 0 aromatic heterocycles. The molecule has 0 fully saturated rings. The van der Waals surface area contributed by atoms with Crippen LogP contribution in [0.4, 0.5) is 0 Å². The number of aliphatic carboxylic acids is 1. The van der Waals surface area contributed by atoms with Gasteiger partial charge >= 0.3 is 5.97 Å². The van der Waals surface area contributed by atoms with Crippen molar-refractivity contribution in [2.45, 2.75) is 6.42 Å². The Morgan fingerprint density at radius 2 is 1.89 bits per heavy atom. The lowest BCUT2D eigenvalue weighted by molar-refractivity contribution is -0.135. The lowest BCUT2D eigenvalue weighted by Gasteiger charge is -2.04.